The van der Waals surface area contributed by atoms with Gasteiger partial charge in [-0.25, -0.2) is 4.98 Å². The van der Waals surface area contributed by atoms with Gasteiger partial charge < -0.3 is 5.32 Å². The van der Waals surface area contributed by atoms with Crippen LogP contribution in [-0.4, -0.2) is 11.5 Å². The van der Waals surface area contributed by atoms with Crippen molar-refractivity contribution in [2.45, 2.75) is 19.4 Å². The van der Waals surface area contributed by atoms with E-state index in [1.165, 1.54) is 16.1 Å². The van der Waals surface area contributed by atoms with Gasteiger partial charge >= 0.3 is 0 Å². The Morgan fingerprint density at radius 1 is 1.50 bits per heavy atom. The molecule has 2 nitrogen and oxygen atoms in total. The summed E-state index contributed by atoms with van der Waals surface area (Å²) in [5.41, 5.74) is 1.02. The maximum atomic E-state index is 5.97. The first-order valence-corrected chi connectivity index (χ1v) is 6.73. The van der Waals surface area contributed by atoms with Crippen LogP contribution in [0, 0.1) is 5.92 Å². The van der Waals surface area contributed by atoms with Crippen molar-refractivity contribution in [3.63, 3.8) is 0 Å². The summed E-state index contributed by atoms with van der Waals surface area (Å²) in [6.07, 6.45) is 1.24. The van der Waals surface area contributed by atoms with Gasteiger partial charge in [-0.3, -0.25) is 0 Å². The molecular weight excluding hydrogens is 240 g/mol. The van der Waals surface area contributed by atoms with E-state index in [0.717, 1.165) is 17.1 Å². The smallest absolute Gasteiger partial charge is 0.111 e. The van der Waals surface area contributed by atoms with Crippen LogP contribution in [0.1, 0.15) is 24.4 Å². The monoisotopic (exact) mass is 252 g/mol. The summed E-state index contributed by atoms with van der Waals surface area (Å²) in [5, 5.41) is 5.47. The largest absolute Gasteiger partial charge is 0.308 e. The van der Waals surface area contributed by atoms with Crippen LogP contribution < -0.4 is 5.32 Å². The average molecular weight is 253 g/mol. The Hall–Kier alpha value is -0.640. The molecule has 1 fully saturated rings. The third kappa shape index (κ3) is 1.73. The zero-order chi connectivity index (χ0) is 11.1. The van der Waals surface area contributed by atoms with Gasteiger partial charge in [-0.05, 0) is 37.1 Å². The quantitative estimate of drug-likeness (QED) is 0.839. The van der Waals surface area contributed by atoms with Crippen molar-refractivity contribution >= 4 is 33.2 Å². The number of aromatic nitrogens is 1. The number of benzene rings is 1. The minimum Gasteiger partial charge on any atom is -0.308 e. The van der Waals surface area contributed by atoms with Crippen LogP contribution in [0.2, 0.25) is 5.02 Å². The molecule has 0 bridgehead atoms. The number of hydrogen-bond donors (Lipinski definition) is 1. The number of fused-ring (bicyclic) bond motifs is 1. The Morgan fingerprint density at radius 3 is 3.12 bits per heavy atom. The molecule has 1 saturated heterocycles. The lowest BCUT2D eigenvalue weighted by atomic mass is 10.0. The predicted octanol–water partition coefficient (Wildman–Crippen LogP) is 3.62. The summed E-state index contributed by atoms with van der Waals surface area (Å²) < 4.78 is 1.22. The maximum Gasteiger partial charge on any atom is 0.111 e. The molecule has 4 heteroatoms. The fraction of sp³-hybridized carbons (Fsp3) is 0.417. The van der Waals surface area contributed by atoms with E-state index in [9.17, 15) is 0 Å². The van der Waals surface area contributed by atoms with Crippen LogP contribution in [0.3, 0.4) is 0 Å². The highest BCUT2D eigenvalue weighted by atomic mass is 35.5. The van der Waals surface area contributed by atoms with Crippen LogP contribution in [0.5, 0.6) is 0 Å². The summed E-state index contributed by atoms with van der Waals surface area (Å²) in [6.45, 7) is 3.38. The molecule has 2 aromatic rings. The lowest BCUT2D eigenvalue weighted by Crippen LogP contribution is -2.15. The van der Waals surface area contributed by atoms with Gasteiger partial charge in [0.15, 0.2) is 0 Å². The Kier molecular flexibility index (Phi) is 2.62. The van der Waals surface area contributed by atoms with E-state index < -0.39 is 0 Å². The molecule has 1 aliphatic heterocycles. The maximum absolute atomic E-state index is 5.97. The molecule has 0 aliphatic carbocycles. The first-order valence-electron chi connectivity index (χ1n) is 5.53. The highest BCUT2D eigenvalue weighted by Crippen LogP contribution is 2.34. The fourth-order valence-electron chi connectivity index (χ4n) is 2.22. The number of rotatable bonds is 1. The summed E-state index contributed by atoms with van der Waals surface area (Å²) in [4.78, 5) is 4.68. The van der Waals surface area contributed by atoms with Gasteiger partial charge in [0.05, 0.1) is 16.3 Å². The Balaban J connectivity index is 2.04. The second kappa shape index (κ2) is 3.99. The van der Waals surface area contributed by atoms with Gasteiger partial charge in [-0.15, -0.1) is 11.3 Å². The molecule has 1 aromatic heterocycles. The second-order valence-electron chi connectivity index (χ2n) is 4.36. The minimum absolute atomic E-state index is 0.427. The van der Waals surface area contributed by atoms with Crippen molar-refractivity contribution < 1.29 is 0 Å². The van der Waals surface area contributed by atoms with E-state index in [4.69, 9.17) is 11.6 Å². The molecule has 0 saturated carbocycles. The summed E-state index contributed by atoms with van der Waals surface area (Å²) in [5.74, 6) is 0.677. The molecule has 2 unspecified atom stereocenters. The van der Waals surface area contributed by atoms with Crippen LogP contribution in [0.25, 0.3) is 10.2 Å². The van der Waals surface area contributed by atoms with Crippen LogP contribution >= 0.6 is 22.9 Å². The highest BCUT2D eigenvalue weighted by Gasteiger charge is 2.26. The molecule has 1 N–H and O–H groups in total. The van der Waals surface area contributed by atoms with E-state index in [-0.39, 0.29) is 0 Å². The fourth-order valence-corrected chi connectivity index (χ4v) is 3.54. The number of nitrogens with zero attached hydrogens (tertiary/aromatic N) is 1. The average Bonchev–Trinajstić information content (AvgIpc) is 2.82. The Labute approximate surface area is 104 Å². The number of hydrogen-bond acceptors (Lipinski definition) is 3. The molecule has 3 rings (SSSR count). The van der Waals surface area contributed by atoms with E-state index in [1.54, 1.807) is 11.3 Å². The first kappa shape index (κ1) is 10.5. The molecule has 1 aliphatic rings. The van der Waals surface area contributed by atoms with E-state index >= 15 is 0 Å². The third-order valence-corrected chi connectivity index (χ3v) is 4.52. The van der Waals surface area contributed by atoms with Crippen LogP contribution in [-0.2, 0) is 0 Å². The number of halogens is 1. The molecule has 2 atom stereocenters. The van der Waals surface area contributed by atoms with Crippen molar-refractivity contribution in [1.29, 1.82) is 0 Å². The molecule has 0 amide bonds. The first-order chi connectivity index (χ1) is 7.74. The van der Waals surface area contributed by atoms with Crippen molar-refractivity contribution in [2.24, 2.45) is 5.92 Å². The van der Waals surface area contributed by atoms with Crippen molar-refractivity contribution in [3.05, 3.63) is 28.2 Å². The SMILES string of the molecule is CC1CCNC1c1nc2cc(Cl)ccc2s1. The van der Waals surface area contributed by atoms with Gasteiger partial charge in [-0.2, -0.15) is 0 Å². The number of thiazole rings is 1. The van der Waals surface area contributed by atoms with Gasteiger partial charge in [0.1, 0.15) is 5.01 Å². The van der Waals surface area contributed by atoms with Gasteiger partial charge in [-0.1, -0.05) is 18.5 Å². The van der Waals surface area contributed by atoms with E-state index in [0.29, 0.717) is 12.0 Å². The molecule has 16 heavy (non-hydrogen) atoms. The predicted molar refractivity (Wildman–Crippen MR) is 69.2 cm³/mol. The van der Waals surface area contributed by atoms with Crippen molar-refractivity contribution in [3.8, 4) is 0 Å². The van der Waals surface area contributed by atoms with Crippen LogP contribution in [0.4, 0.5) is 0 Å². The lowest BCUT2D eigenvalue weighted by molar-refractivity contribution is 0.502. The van der Waals surface area contributed by atoms with Gasteiger partial charge in [0.2, 0.25) is 0 Å². The molecule has 84 valence electrons. The van der Waals surface area contributed by atoms with Gasteiger partial charge in [0, 0.05) is 5.02 Å². The van der Waals surface area contributed by atoms with Crippen molar-refractivity contribution in [2.75, 3.05) is 6.54 Å². The normalized spacial score (nSPS) is 25.4. The third-order valence-electron chi connectivity index (χ3n) is 3.17. The summed E-state index contributed by atoms with van der Waals surface area (Å²) >= 11 is 7.74. The molecule has 2 heterocycles. The summed E-state index contributed by atoms with van der Waals surface area (Å²) in [7, 11) is 0. The Bertz CT molecular complexity index is 523. The zero-order valence-corrected chi connectivity index (χ0v) is 10.6. The second-order valence-corrected chi connectivity index (χ2v) is 5.86. The highest BCUT2D eigenvalue weighted by molar-refractivity contribution is 7.18. The van der Waals surface area contributed by atoms with Crippen molar-refractivity contribution in [1.82, 2.24) is 10.3 Å². The number of nitrogens with one attached hydrogen (secondary N) is 1. The standard InChI is InChI=1S/C12H13ClN2S/c1-7-4-5-14-11(7)12-15-9-6-8(13)2-3-10(9)16-12/h2-3,6-7,11,14H,4-5H2,1H3. The topological polar surface area (TPSA) is 24.9 Å². The lowest BCUT2D eigenvalue weighted by Gasteiger charge is -2.11. The zero-order valence-electron chi connectivity index (χ0n) is 9.03. The summed E-state index contributed by atoms with van der Waals surface area (Å²) in [6, 6.07) is 6.35. The molecule has 0 spiro atoms. The van der Waals surface area contributed by atoms with Gasteiger partial charge in [0.25, 0.3) is 0 Å². The molecule has 0 radical (unpaired) electrons. The molecule has 1 aromatic carbocycles. The Morgan fingerprint density at radius 2 is 2.38 bits per heavy atom. The minimum atomic E-state index is 0.427. The van der Waals surface area contributed by atoms with Crippen LogP contribution in [0.15, 0.2) is 18.2 Å². The van der Waals surface area contributed by atoms with E-state index in [2.05, 4.69) is 23.3 Å². The molecular formula is C12H13ClN2S. The van der Waals surface area contributed by atoms with E-state index in [1.807, 2.05) is 12.1 Å².